The van der Waals surface area contributed by atoms with Crippen LogP contribution in [-0.4, -0.2) is 87.4 Å². The number of aliphatic hydroxyl groups is 5. The molecule has 1 saturated heterocycles. The summed E-state index contributed by atoms with van der Waals surface area (Å²) in [5.74, 6) is 0. The van der Waals surface area contributed by atoms with E-state index < -0.39 is 12.2 Å². The largest absolute Gasteiger partial charge is 0.394 e. The van der Waals surface area contributed by atoms with E-state index in [9.17, 15) is 0 Å². The van der Waals surface area contributed by atoms with Gasteiger partial charge in [-0.3, -0.25) is 0 Å². The standard InChI is InChI=1S/C9H20O4.C4H10O.C3H6O2.6CH4.H3OP.V/c1-3-9(4-7(2)11)13-6-8(12)5-10;1-3-4(2)5;4-1-3-2-5-3;;;;;;;1-2;/h7-12H,3-6H2,1-2H3;4-5H,3H2,1-2H3;3-4H,1-2H2;6*1H4;1H,2H2;. The van der Waals surface area contributed by atoms with E-state index in [2.05, 4.69) is 4.74 Å². The van der Waals surface area contributed by atoms with Gasteiger partial charge in [-0.05, 0) is 42.6 Å². The molecular formula is C22H63O8PV. The van der Waals surface area contributed by atoms with Crippen molar-refractivity contribution in [3.63, 3.8) is 0 Å². The fourth-order valence-electron chi connectivity index (χ4n) is 1.21. The number of aliphatic hydroxyl groups excluding tert-OH is 5. The van der Waals surface area contributed by atoms with Crippen molar-refractivity contribution >= 4 is 9.47 Å². The molecule has 6 atom stereocenters. The first-order chi connectivity index (χ1) is 11.8. The van der Waals surface area contributed by atoms with Crippen LogP contribution in [0.25, 0.3) is 0 Å². The minimum atomic E-state index is -0.817. The molecule has 209 valence electrons. The van der Waals surface area contributed by atoms with Gasteiger partial charge in [-0.2, -0.15) is 0 Å². The van der Waals surface area contributed by atoms with Crippen LogP contribution in [0.15, 0.2) is 0 Å². The van der Waals surface area contributed by atoms with Crippen molar-refractivity contribution < 1.29 is 58.5 Å². The summed E-state index contributed by atoms with van der Waals surface area (Å²) in [6.45, 7) is 8.18. The first kappa shape index (κ1) is 63.8. The molecule has 6 unspecified atom stereocenters. The Morgan fingerprint density at radius 3 is 1.41 bits per heavy atom. The van der Waals surface area contributed by atoms with Gasteiger partial charge in [0.1, 0.15) is 12.2 Å². The molecule has 1 fully saturated rings. The van der Waals surface area contributed by atoms with Crippen LogP contribution in [0.1, 0.15) is 91.5 Å². The molecule has 0 aliphatic carbocycles. The van der Waals surface area contributed by atoms with Crippen LogP contribution >= 0.6 is 9.47 Å². The maximum Gasteiger partial charge on any atom is 0.104 e. The van der Waals surface area contributed by atoms with Crippen LogP contribution in [0, 0.1) is 0 Å². The minimum absolute atomic E-state index is 0. The van der Waals surface area contributed by atoms with Crippen LogP contribution < -0.4 is 0 Å². The normalized spacial score (nSPS) is 15.3. The molecule has 32 heavy (non-hydrogen) atoms. The zero-order valence-electron chi connectivity index (χ0n) is 16.4. The van der Waals surface area contributed by atoms with Gasteiger partial charge < -0.3 is 39.9 Å². The summed E-state index contributed by atoms with van der Waals surface area (Å²) < 4.78 is 9.89. The molecule has 0 saturated carbocycles. The molecule has 1 radical (unpaired) electrons. The first-order valence-electron chi connectivity index (χ1n) is 8.55. The monoisotopic (exact) mass is 537 g/mol. The van der Waals surface area contributed by atoms with Crippen LogP contribution in [0.5, 0.6) is 0 Å². The Labute approximate surface area is 216 Å². The van der Waals surface area contributed by atoms with E-state index in [0.717, 1.165) is 19.4 Å². The van der Waals surface area contributed by atoms with Gasteiger partial charge in [-0.25, -0.2) is 0 Å². The van der Waals surface area contributed by atoms with Crippen molar-refractivity contribution in [1.29, 1.82) is 0 Å². The van der Waals surface area contributed by atoms with Gasteiger partial charge in [-0.15, -0.1) is 0 Å². The Balaban J connectivity index is -0.0000000275. The molecule has 1 aliphatic heterocycles. The second-order valence-electron chi connectivity index (χ2n) is 5.68. The summed E-state index contributed by atoms with van der Waals surface area (Å²) in [5, 5.41) is 43.0. The fourth-order valence-corrected chi connectivity index (χ4v) is 1.21. The predicted octanol–water partition coefficient (Wildman–Crippen LogP) is 3.64. The third kappa shape index (κ3) is 63.2. The molecule has 8 nitrogen and oxygen atoms in total. The summed E-state index contributed by atoms with van der Waals surface area (Å²) in [6, 6.07) is 0. The molecule has 0 bridgehead atoms. The molecule has 0 aromatic carbocycles. The second kappa shape index (κ2) is 49.0. The molecular weight excluding hydrogens is 474 g/mol. The van der Waals surface area contributed by atoms with E-state index in [1.54, 1.807) is 13.8 Å². The summed E-state index contributed by atoms with van der Waals surface area (Å²) >= 11 is 0. The summed E-state index contributed by atoms with van der Waals surface area (Å²) in [7, 11) is 1.42. The van der Waals surface area contributed by atoms with Crippen molar-refractivity contribution in [3.05, 3.63) is 0 Å². The van der Waals surface area contributed by atoms with Gasteiger partial charge >= 0.3 is 0 Å². The molecule has 0 aromatic rings. The molecule has 0 aromatic heterocycles. The van der Waals surface area contributed by atoms with E-state index in [-0.39, 0.29) is 101 Å². The summed E-state index contributed by atoms with van der Waals surface area (Å²) in [4.78, 5) is 6.92. The molecule has 1 rings (SSSR count). The van der Waals surface area contributed by atoms with Crippen molar-refractivity contribution in [2.24, 2.45) is 0 Å². The summed E-state index contributed by atoms with van der Waals surface area (Å²) in [5.41, 5.74) is 0. The zero-order valence-corrected chi connectivity index (χ0v) is 18.9. The summed E-state index contributed by atoms with van der Waals surface area (Å²) in [6.07, 6.45) is 1.04. The molecule has 10 heteroatoms. The Hall–Kier alpha value is 0.694. The smallest absolute Gasteiger partial charge is 0.104 e. The Bertz CT molecular complexity index is 248. The van der Waals surface area contributed by atoms with Crippen LogP contribution in [0.3, 0.4) is 0 Å². The van der Waals surface area contributed by atoms with Crippen LogP contribution in [0.2, 0.25) is 0 Å². The maximum absolute atomic E-state index is 9.08. The maximum atomic E-state index is 9.08. The van der Waals surface area contributed by atoms with Crippen molar-refractivity contribution in [2.45, 2.75) is 122 Å². The second-order valence-corrected chi connectivity index (χ2v) is 5.68. The van der Waals surface area contributed by atoms with E-state index >= 15 is 0 Å². The van der Waals surface area contributed by atoms with Gasteiger partial charge in [0, 0.05) is 18.6 Å². The van der Waals surface area contributed by atoms with E-state index in [1.165, 1.54) is 9.47 Å². The number of hydrogen-bond acceptors (Lipinski definition) is 8. The zero-order chi connectivity index (χ0) is 20.3. The molecule has 1 heterocycles. The van der Waals surface area contributed by atoms with Gasteiger partial charge in [0.15, 0.2) is 0 Å². The van der Waals surface area contributed by atoms with Gasteiger partial charge in [0.2, 0.25) is 0 Å². The molecule has 1 aliphatic rings. The molecule has 6 N–H and O–H groups in total. The Morgan fingerprint density at radius 2 is 1.25 bits per heavy atom. The minimum Gasteiger partial charge on any atom is -0.394 e. The van der Waals surface area contributed by atoms with Crippen molar-refractivity contribution in [3.8, 4) is 0 Å². The van der Waals surface area contributed by atoms with Crippen LogP contribution in [-0.2, 0) is 28.0 Å². The van der Waals surface area contributed by atoms with Gasteiger partial charge in [0.25, 0.3) is 0 Å². The third-order valence-electron chi connectivity index (χ3n) is 2.99. The number of epoxide rings is 1. The van der Waals surface area contributed by atoms with Crippen molar-refractivity contribution in [2.75, 3.05) is 26.4 Å². The quantitative estimate of drug-likeness (QED) is 0.193. The van der Waals surface area contributed by atoms with Gasteiger partial charge in [-0.1, -0.05) is 58.4 Å². The van der Waals surface area contributed by atoms with E-state index in [4.69, 9.17) is 35.2 Å². The van der Waals surface area contributed by atoms with Crippen LogP contribution in [0.4, 0.5) is 0 Å². The topological polar surface area (TPSA) is 143 Å². The number of hydrogen-bond donors (Lipinski definition) is 6. The molecule has 0 amide bonds. The number of rotatable bonds is 9. The van der Waals surface area contributed by atoms with Crippen molar-refractivity contribution in [1.82, 2.24) is 0 Å². The predicted molar refractivity (Wildman–Crippen MR) is 141 cm³/mol. The number of ether oxygens (including phenoxy) is 2. The SMILES string of the molecule is C.C.C.C.C.C.CCC(C)O.CCC(CC(C)O)OCC(O)CO.OCC1CO1.OP.[V]. The Kier molecular flexibility index (Phi) is 97.6. The van der Waals surface area contributed by atoms with E-state index in [1.807, 2.05) is 13.8 Å². The average molecular weight is 538 g/mol. The fraction of sp³-hybridized carbons (Fsp3) is 1.00. The van der Waals surface area contributed by atoms with E-state index in [0.29, 0.717) is 6.42 Å². The average Bonchev–Trinajstić information content (AvgIpc) is 3.45. The molecule has 0 spiro atoms. The van der Waals surface area contributed by atoms with Gasteiger partial charge in [0.05, 0.1) is 44.7 Å². The third-order valence-corrected chi connectivity index (χ3v) is 2.99. The Morgan fingerprint density at radius 1 is 0.875 bits per heavy atom. The first-order valence-corrected chi connectivity index (χ1v) is 9.07.